The first-order valence-electron chi connectivity index (χ1n) is 8.22. The van der Waals surface area contributed by atoms with Crippen LogP contribution in [0.5, 0.6) is 0 Å². The van der Waals surface area contributed by atoms with Crippen molar-refractivity contribution in [2.45, 2.75) is 50.5 Å². The van der Waals surface area contributed by atoms with Gasteiger partial charge in [0, 0.05) is 12.5 Å². The summed E-state index contributed by atoms with van der Waals surface area (Å²) >= 11 is 0. The van der Waals surface area contributed by atoms with Gasteiger partial charge in [0.15, 0.2) is 0 Å². The van der Waals surface area contributed by atoms with Crippen molar-refractivity contribution in [1.82, 2.24) is 16.0 Å². The van der Waals surface area contributed by atoms with E-state index in [0.29, 0.717) is 6.54 Å². The van der Waals surface area contributed by atoms with E-state index in [-0.39, 0.29) is 30.2 Å². The van der Waals surface area contributed by atoms with Crippen LogP contribution in [0.3, 0.4) is 0 Å². The molecule has 8 heteroatoms. The summed E-state index contributed by atoms with van der Waals surface area (Å²) in [4.78, 5) is 36.3. The van der Waals surface area contributed by atoms with Gasteiger partial charge in [-0.05, 0) is 31.5 Å². The fraction of sp³-hybridized carbons (Fsp3) is 0.800. The number of carbonyl (C=O) groups is 3. The van der Waals surface area contributed by atoms with Gasteiger partial charge < -0.3 is 20.7 Å². The van der Waals surface area contributed by atoms with Gasteiger partial charge >= 0.3 is 5.97 Å². The predicted octanol–water partition coefficient (Wildman–Crippen LogP) is -0.220. The van der Waals surface area contributed by atoms with Crippen LogP contribution in [0.4, 0.5) is 0 Å². The van der Waals surface area contributed by atoms with Crippen LogP contribution in [0.15, 0.2) is 0 Å². The van der Waals surface area contributed by atoms with Crippen LogP contribution in [0.1, 0.15) is 19.3 Å². The molecule has 130 valence electrons. The maximum Gasteiger partial charge on any atom is 0.328 e. The first kappa shape index (κ1) is 17.9. The Morgan fingerprint density at radius 2 is 2.17 bits per heavy atom. The summed E-state index contributed by atoms with van der Waals surface area (Å²) < 4.78 is 4.80. The summed E-state index contributed by atoms with van der Waals surface area (Å²) in [5.74, 6) is -0.969. The van der Waals surface area contributed by atoms with E-state index in [1.54, 1.807) is 0 Å². The number of hydrogen-bond donors (Lipinski definition) is 3. The average Bonchev–Trinajstić information content (AvgIpc) is 2.88. The second-order valence-electron chi connectivity index (χ2n) is 7.25. The third kappa shape index (κ3) is 4.78. The van der Waals surface area contributed by atoms with Gasteiger partial charge in [-0.1, -0.05) is 13.1 Å². The predicted molar refractivity (Wildman–Crippen MR) is 88.4 cm³/mol. The lowest BCUT2D eigenvalue weighted by atomic mass is 9.91. The lowest BCUT2D eigenvalue weighted by Gasteiger charge is -2.26. The summed E-state index contributed by atoms with van der Waals surface area (Å²) in [6, 6.07) is -0.158. The molecule has 0 aliphatic carbocycles. The monoisotopic (exact) mass is 341 g/mol. The first-order chi connectivity index (χ1) is 10.8. The highest BCUT2D eigenvalue weighted by Gasteiger charge is 2.38. The minimum absolute atomic E-state index is 0.0491. The molecule has 3 atom stereocenters. The van der Waals surface area contributed by atoms with Gasteiger partial charge in [-0.2, -0.15) is 0 Å². The second-order valence-corrected chi connectivity index (χ2v) is 12.3. The van der Waals surface area contributed by atoms with Crippen LogP contribution >= 0.6 is 0 Å². The molecule has 2 aliphatic rings. The van der Waals surface area contributed by atoms with E-state index in [2.05, 4.69) is 29.0 Å². The Balaban J connectivity index is 1.97. The van der Waals surface area contributed by atoms with Crippen LogP contribution in [0.2, 0.25) is 19.1 Å². The third-order valence-corrected chi connectivity index (χ3v) is 7.30. The molecule has 0 radical (unpaired) electrons. The highest BCUT2D eigenvalue weighted by atomic mass is 28.3. The Kier molecular flexibility index (Phi) is 5.80. The van der Waals surface area contributed by atoms with Crippen LogP contribution in [-0.2, 0) is 19.1 Å². The Morgan fingerprint density at radius 1 is 1.43 bits per heavy atom. The Labute approximate surface area is 137 Å². The van der Waals surface area contributed by atoms with Crippen LogP contribution < -0.4 is 16.0 Å². The van der Waals surface area contributed by atoms with E-state index in [9.17, 15) is 14.4 Å². The van der Waals surface area contributed by atoms with Gasteiger partial charge in [0.2, 0.25) is 11.8 Å². The van der Waals surface area contributed by atoms with Gasteiger partial charge in [0.25, 0.3) is 0 Å². The number of piperidine rings is 1. The van der Waals surface area contributed by atoms with E-state index in [4.69, 9.17) is 4.74 Å². The molecule has 0 aromatic rings. The second kappa shape index (κ2) is 7.44. The van der Waals surface area contributed by atoms with Gasteiger partial charge in [0.05, 0.1) is 21.2 Å². The van der Waals surface area contributed by atoms with E-state index >= 15 is 0 Å². The summed E-state index contributed by atoms with van der Waals surface area (Å²) in [6.07, 6.45) is 2.82. The zero-order valence-electron chi connectivity index (χ0n) is 14.1. The van der Waals surface area contributed by atoms with Crippen molar-refractivity contribution in [3.63, 3.8) is 0 Å². The number of nitrogens with one attached hydrogen (secondary N) is 3. The van der Waals surface area contributed by atoms with Gasteiger partial charge in [-0.3, -0.25) is 9.59 Å². The molecule has 3 N–H and O–H groups in total. The lowest BCUT2D eigenvalue weighted by molar-refractivity contribution is -0.146. The van der Waals surface area contributed by atoms with Crippen LogP contribution in [-0.4, -0.2) is 57.8 Å². The SMILES string of the molecule is COC(=O)[C@H](C[C@@H]1CCCNC1=O)NC(=O)[C@@H]1C[Si](C)(C)CN1. The summed E-state index contributed by atoms with van der Waals surface area (Å²) in [7, 11) is -0.0603. The van der Waals surface area contributed by atoms with E-state index < -0.39 is 20.1 Å². The molecule has 2 fully saturated rings. The van der Waals surface area contributed by atoms with Gasteiger partial charge in [-0.15, -0.1) is 0 Å². The molecular weight excluding hydrogens is 314 g/mol. The highest BCUT2D eigenvalue weighted by molar-refractivity contribution is 6.78. The molecule has 0 aromatic heterocycles. The number of esters is 1. The minimum atomic E-state index is -1.36. The molecule has 2 saturated heterocycles. The number of amides is 2. The van der Waals surface area contributed by atoms with Gasteiger partial charge in [0.1, 0.15) is 6.04 Å². The number of ether oxygens (including phenoxy) is 1. The zero-order chi connectivity index (χ0) is 17.0. The Bertz CT molecular complexity index is 483. The highest BCUT2D eigenvalue weighted by Crippen LogP contribution is 2.20. The standard InChI is InChI=1S/C15H27N3O4Si/c1-22-15(21)11(7-10-5-4-6-16-13(10)19)18-14(20)12-8-23(2,3)9-17-12/h10-12,17H,4-9H2,1-3H3,(H,16,19)(H,18,20)/t10-,11-,12-/m0/s1. The van der Waals surface area contributed by atoms with Crippen molar-refractivity contribution in [3.8, 4) is 0 Å². The molecule has 2 rings (SSSR count). The molecule has 0 bridgehead atoms. The molecule has 0 spiro atoms. The molecule has 0 unspecified atom stereocenters. The van der Waals surface area contributed by atoms with E-state index in [0.717, 1.165) is 25.1 Å². The molecule has 0 saturated carbocycles. The van der Waals surface area contributed by atoms with Gasteiger partial charge in [-0.25, -0.2) is 4.79 Å². The molecule has 23 heavy (non-hydrogen) atoms. The van der Waals surface area contributed by atoms with Crippen LogP contribution in [0.25, 0.3) is 0 Å². The smallest absolute Gasteiger partial charge is 0.328 e. The topological polar surface area (TPSA) is 96.5 Å². The maximum absolute atomic E-state index is 12.4. The molecule has 7 nitrogen and oxygen atoms in total. The first-order valence-corrected chi connectivity index (χ1v) is 11.6. The van der Waals surface area contributed by atoms with E-state index in [1.165, 1.54) is 7.11 Å². The quantitative estimate of drug-likeness (QED) is 0.475. The zero-order valence-corrected chi connectivity index (χ0v) is 15.1. The lowest BCUT2D eigenvalue weighted by Crippen LogP contribution is -2.50. The van der Waals surface area contributed by atoms with Crippen molar-refractivity contribution < 1.29 is 19.1 Å². The Morgan fingerprint density at radius 3 is 2.74 bits per heavy atom. The van der Waals surface area contributed by atoms with Crippen molar-refractivity contribution in [1.29, 1.82) is 0 Å². The van der Waals surface area contributed by atoms with Crippen LogP contribution in [0, 0.1) is 5.92 Å². The summed E-state index contributed by atoms with van der Waals surface area (Å²) in [5.41, 5.74) is 0. The molecule has 0 aromatic carbocycles. The molecule has 2 amide bonds. The van der Waals surface area contributed by atoms with Crippen molar-refractivity contribution in [3.05, 3.63) is 0 Å². The average molecular weight is 341 g/mol. The minimum Gasteiger partial charge on any atom is -0.467 e. The fourth-order valence-electron chi connectivity index (χ4n) is 3.26. The van der Waals surface area contributed by atoms with Crippen molar-refractivity contribution in [2.24, 2.45) is 5.92 Å². The number of carbonyl (C=O) groups excluding carboxylic acids is 3. The molecule has 2 aliphatic heterocycles. The number of rotatable bonds is 5. The van der Waals surface area contributed by atoms with E-state index in [1.807, 2.05) is 0 Å². The number of methoxy groups -OCH3 is 1. The summed E-state index contributed by atoms with van der Waals surface area (Å²) in [5, 5.41) is 8.82. The summed E-state index contributed by atoms with van der Waals surface area (Å²) in [6.45, 7) is 5.14. The maximum atomic E-state index is 12.4. The molecule has 2 heterocycles. The normalized spacial score (nSPS) is 27.9. The third-order valence-electron chi connectivity index (χ3n) is 4.62. The largest absolute Gasteiger partial charge is 0.467 e. The number of hydrogen-bond acceptors (Lipinski definition) is 5. The molecular formula is C15H27N3O4Si. The fourth-order valence-corrected chi connectivity index (χ4v) is 5.63. The van der Waals surface area contributed by atoms with Crippen molar-refractivity contribution >= 4 is 25.9 Å². The Hall–Kier alpha value is -1.41. The van der Waals surface area contributed by atoms with Crippen molar-refractivity contribution in [2.75, 3.05) is 19.8 Å².